The van der Waals surface area contributed by atoms with Gasteiger partial charge in [-0.25, -0.2) is 9.97 Å². The van der Waals surface area contributed by atoms with Gasteiger partial charge in [0.15, 0.2) is 12.4 Å². The van der Waals surface area contributed by atoms with Crippen LogP contribution < -0.4 is 20.3 Å². The normalized spacial score (nSPS) is 18.6. The second-order valence-corrected chi connectivity index (χ2v) is 7.48. The maximum Gasteiger partial charge on any atom is 0.422 e. The van der Waals surface area contributed by atoms with Crippen molar-refractivity contribution in [2.24, 2.45) is 5.92 Å². The summed E-state index contributed by atoms with van der Waals surface area (Å²) in [6, 6.07) is 2.77. The van der Waals surface area contributed by atoms with Crippen LogP contribution in [-0.4, -0.2) is 46.7 Å². The van der Waals surface area contributed by atoms with Gasteiger partial charge in [-0.2, -0.15) is 18.2 Å². The lowest BCUT2D eigenvalue weighted by Crippen LogP contribution is -2.48. The van der Waals surface area contributed by atoms with Gasteiger partial charge in [0.1, 0.15) is 11.7 Å². The molecule has 1 aliphatic carbocycles. The molecule has 3 heterocycles. The average molecular weight is 422 g/mol. The minimum Gasteiger partial charge on any atom is -0.468 e. The van der Waals surface area contributed by atoms with Gasteiger partial charge >= 0.3 is 6.18 Å². The van der Waals surface area contributed by atoms with Crippen LogP contribution in [0.1, 0.15) is 24.1 Å². The first-order valence-corrected chi connectivity index (χ1v) is 9.52. The van der Waals surface area contributed by atoms with E-state index in [-0.39, 0.29) is 17.8 Å². The number of alkyl halides is 3. The molecule has 2 aromatic rings. The number of nitrogens with zero attached hydrogens (tertiary/aromatic N) is 4. The van der Waals surface area contributed by atoms with E-state index in [1.54, 1.807) is 13.0 Å². The fraction of sp³-hybridized carbons (Fsp3) is 0.474. The summed E-state index contributed by atoms with van der Waals surface area (Å²) in [5.41, 5.74) is 1.98. The molecule has 8 nitrogen and oxygen atoms in total. The van der Waals surface area contributed by atoms with Crippen LogP contribution in [0.15, 0.2) is 18.3 Å². The molecule has 1 atom stereocenters. The largest absolute Gasteiger partial charge is 0.468 e. The van der Waals surface area contributed by atoms with Crippen molar-refractivity contribution in [3.63, 3.8) is 0 Å². The molecule has 2 N–H and O–H groups in total. The van der Waals surface area contributed by atoms with Gasteiger partial charge < -0.3 is 20.3 Å². The number of pyridine rings is 1. The molecule has 0 bridgehead atoms. The van der Waals surface area contributed by atoms with Crippen LogP contribution in [-0.2, 0) is 11.3 Å². The van der Waals surface area contributed by atoms with Crippen LogP contribution in [0.2, 0.25) is 0 Å². The lowest BCUT2D eigenvalue weighted by Gasteiger charge is -2.35. The van der Waals surface area contributed by atoms with E-state index in [1.807, 2.05) is 11.9 Å². The number of fused-ring (bicyclic) bond motifs is 1. The summed E-state index contributed by atoms with van der Waals surface area (Å²) in [4.78, 5) is 27.2. The molecular formula is C19H21F3N6O2. The number of ether oxygens (including phenoxy) is 1. The van der Waals surface area contributed by atoms with Gasteiger partial charge in [0.2, 0.25) is 17.7 Å². The first-order chi connectivity index (χ1) is 14.2. The summed E-state index contributed by atoms with van der Waals surface area (Å²) in [5.74, 6) is 1.27. The molecule has 0 aromatic carbocycles. The van der Waals surface area contributed by atoms with Gasteiger partial charge in [0.25, 0.3) is 0 Å². The maximum absolute atomic E-state index is 12.4. The molecule has 1 aliphatic heterocycles. The molecule has 1 unspecified atom stereocenters. The molecule has 160 valence electrons. The van der Waals surface area contributed by atoms with Crippen molar-refractivity contribution in [1.82, 2.24) is 15.0 Å². The first-order valence-electron chi connectivity index (χ1n) is 9.52. The summed E-state index contributed by atoms with van der Waals surface area (Å²) in [6.45, 7) is 0.740. The number of nitrogens with one attached hydrogen (secondary N) is 2. The van der Waals surface area contributed by atoms with E-state index in [2.05, 4.69) is 30.3 Å². The smallest absolute Gasteiger partial charge is 0.422 e. The van der Waals surface area contributed by atoms with E-state index in [0.29, 0.717) is 35.6 Å². The van der Waals surface area contributed by atoms with Gasteiger partial charge in [-0.15, -0.1) is 0 Å². The second-order valence-electron chi connectivity index (χ2n) is 7.48. The van der Waals surface area contributed by atoms with E-state index in [4.69, 9.17) is 0 Å². The lowest BCUT2D eigenvalue weighted by atomic mass is 10.1. The molecule has 1 fully saturated rings. The van der Waals surface area contributed by atoms with Crippen LogP contribution in [0.3, 0.4) is 0 Å². The highest BCUT2D eigenvalue weighted by molar-refractivity contribution is 6.03. The molecule has 0 spiro atoms. The summed E-state index contributed by atoms with van der Waals surface area (Å²) < 4.78 is 41.2. The van der Waals surface area contributed by atoms with Crippen LogP contribution >= 0.6 is 0 Å². The van der Waals surface area contributed by atoms with E-state index in [9.17, 15) is 18.0 Å². The van der Waals surface area contributed by atoms with Crippen molar-refractivity contribution in [2.45, 2.75) is 38.5 Å². The predicted molar refractivity (Wildman–Crippen MR) is 103 cm³/mol. The summed E-state index contributed by atoms with van der Waals surface area (Å²) in [6.07, 6.45) is -0.917. The molecule has 0 radical (unpaired) electrons. The molecule has 4 rings (SSSR count). The summed E-state index contributed by atoms with van der Waals surface area (Å²) >= 11 is 0. The molecule has 11 heteroatoms. The number of carbonyl (C=O) groups is 1. The highest BCUT2D eigenvalue weighted by atomic mass is 19.4. The Kier molecular flexibility index (Phi) is 5.12. The topological polar surface area (TPSA) is 92.3 Å². The third kappa shape index (κ3) is 4.39. The standard InChI is InChI=1S/C19H21F3N6O2/c1-10-14-16(28(2)15(12-4-5-12)17(29)26-14)27-18(25-10)24-8-11-3-6-13(23-7-11)30-9-19(20,21)22/h3,6-7,12,15H,4-5,8-9H2,1-2H3,(H,26,29)(H,24,25,27). The first kappa shape index (κ1) is 20.2. The number of hydrogen-bond donors (Lipinski definition) is 2. The molecule has 0 saturated heterocycles. The van der Waals surface area contributed by atoms with Crippen LogP contribution in [0.25, 0.3) is 0 Å². The Morgan fingerprint density at radius 1 is 1.30 bits per heavy atom. The second kappa shape index (κ2) is 7.62. The van der Waals surface area contributed by atoms with Gasteiger partial charge in [-0.05, 0) is 31.2 Å². The average Bonchev–Trinajstić information content (AvgIpc) is 3.51. The monoisotopic (exact) mass is 422 g/mol. The number of anilines is 3. The highest BCUT2D eigenvalue weighted by Gasteiger charge is 2.43. The Labute approximate surface area is 170 Å². The molecule has 1 saturated carbocycles. The fourth-order valence-electron chi connectivity index (χ4n) is 3.42. The van der Waals surface area contributed by atoms with E-state index in [1.165, 1.54) is 12.3 Å². The Bertz CT molecular complexity index is 947. The van der Waals surface area contributed by atoms with Gasteiger partial charge in [-0.3, -0.25) is 4.79 Å². The number of likely N-dealkylation sites (N-methyl/N-ethyl adjacent to an activating group) is 1. The quantitative estimate of drug-likeness (QED) is 0.740. The van der Waals surface area contributed by atoms with Gasteiger partial charge in [-0.1, -0.05) is 6.07 Å². The van der Waals surface area contributed by atoms with Crippen molar-refractivity contribution in [3.8, 4) is 5.88 Å². The number of amides is 1. The minimum absolute atomic E-state index is 0.0289. The van der Waals surface area contributed by atoms with E-state index in [0.717, 1.165) is 18.4 Å². The number of hydrogen-bond acceptors (Lipinski definition) is 7. The van der Waals surface area contributed by atoms with Crippen molar-refractivity contribution in [3.05, 3.63) is 29.6 Å². The summed E-state index contributed by atoms with van der Waals surface area (Å²) in [5, 5.41) is 6.02. The van der Waals surface area contributed by atoms with E-state index >= 15 is 0 Å². The zero-order valence-corrected chi connectivity index (χ0v) is 16.5. The minimum atomic E-state index is -4.41. The van der Waals surface area contributed by atoms with Gasteiger partial charge in [0.05, 0.1) is 5.69 Å². The van der Waals surface area contributed by atoms with Gasteiger partial charge in [0, 0.05) is 25.9 Å². The van der Waals surface area contributed by atoms with Crippen molar-refractivity contribution in [2.75, 3.05) is 29.2 Å². The van der Waals surface area contributed by atoms with Crippen LogP contribution in [0, 0.1) is 12.8 Å². The Balaban J connectivity index is 1.43. The number of carbonyl (C=O) groups excluding carboxylic acids is 1. The molecule has 2 aliphatic rings. The SMILES string of the molecule is Cc1nc(NCc2ccc(OCC(F)(F)F)nc2)nc2c1NC(=O)C(C1CC1)N2C. The molecule has 1 amide bonds. The zero-order valence-electron chi connectivity index (χ0n) is 16.5. The number of aromatic nitrogens is 3. The van der Waals surface area contributed by atoms with Crippen molar-refractivity contribution >= 4 is 23.4 Å². The Morgan fingerprint density at radius 2 is 2.07 bits per heavy atom. The van der Waals surface area contributed by atoms with Crippen LogP contribution in [0.4, 0.5) is 30.6 Å². The number of aryl methyl sites for hydroxylation is 1. The molecule has 30 heavy (non-hydrogen) atoms. The Morgan fingerprint density at radius 3 is 2.70 bits per heavy atom. The fourth-order valence-corrected chi connectivity index (χ4v) is 3.42. The zero-order chi connectivity index (χ0) is 21.5. The van der Waals surface area contributed by atoms with E-state index < -0.39 is 12.8 Å². The third-order valence-corrected chi connectivity index (χ3v) is 5.04. The lowest BCUT2D eigenvalue weighted by molar-refractivity contribution is -0.154. The third-order valence-electron chi connectivity index (χ3n) is 5.04. The molecular weight excluding hydrogens is 401 g/mol. The summed E-state index contributed by atoms with van der Waals surface area (Å²) in [7, 11) is 1.86. The van der Waals surface area contributed by atoms with Crippen molar-refractivity contribution < 1.29 is 22.7 Å². The molecule has 2 aromatic heterocycles. The number of halogens is 3. The maximum atomic E-state index is 12.4. The number of rotatable bonds is 6. The highest BCUT2D eigenvalue weighted by Crippen LogP contribution is 2.41. The van der Waals surface area contributed by atoms with Crippen molar-refractivity contribution in [1.29, 1.82) is 0 Å². The van der Waals surface area contributed by atoms with Crippen LogP contribution in [0.5, 0.6) is 5.88 Å². The predicted octanol–water partition coefficient (Wildman–Crippen LogP) is 2.90. The Hall–Kier alpha value is -3.11.